The van der Waals surface area contributed by atoms with Crippen LogP contribution in [-0.4, -0.2) is 21.1 Å². The Morgan fingerprint density at radius 1 is 1.29 bits per heavy atom. The number of carbonyl (C=O) groups excluding carboxylic acids is 1. The molecule has 4 aliphatic carbocycles. The molecule has 0 radical (unpaired) electrons. The van der Waals surface area contributed by atoms with Gasteiger partial charge in [0, 0.05) is 24.9 Å². The highest BCUT2D eigenvalue weighted by Gasteiger charge is 2.54. The van der Waals surface area contributed by atoms with E-state index < -0.39 is 0 Å². The van der Waals surface area contributed by atoms with Crippen LogP contribution >= 0.6 is 28.7 Å². The number of aryl methyl sites for hydroxylation is 1. The first-order valence-electron chi connectivity index (χ1n) is 7.78. The molecule has 0 unspecified atom stereocenters. The molecule has 0 amide bonds. The molecule has 0 aromatic carbocycles. The molecule has 5 rings (SSSR count). The molecular weight excluding hydrogens is 348 g/mol. The van der Waals surface area contributed by atoms with Crippen LogP contribution in [0.25, 0.3) is 0 Å². The zero-order valence-corrected chi connectivity index (χ0v) is 15.0. The van der Waals surface area contributed by atoms with Gasteiger partial charge in [-0.15, -0.1) is 17.0 Å². The van der Waals surface area contributed by atoms with Crippen LogP contribution in [-0.2, 0) is 11.8 Å². The number of carbonyl (C=O) groups is 1. The SMILES string of the molecule is Br.Cn1ccnc1SCC(=O)C12CC3CC(CC(C3)C1)C2. The minimum absolute atomic E-state index is 0. The number of rotatable bonds is 4. The summed E-state index contributed by atoms with van der Waals surface area (Å²) in [7, 11) is 1.99. The summed E-state index contributed by atoms with van der Waals surface area (Å²) in [5, 5.41) is 0.961. The lowest BCUT2D eigenvalue weighted by molar-refractivity contribution is -0.141. The first kappa shape index (κ1) is 15.6. The van der Waals surface area contributed by atoms with Crippen LogP contribution in [0.3, 0.4) is 0 Å². The van der Waals surface area contributed by atoms with Gasteiger partial charge in [0.1, 0.15) is 5.78 Å². The highest BCUT2D eigenvalue weighted by molar-refractivity contribution is 8.93. The molecule has 4 saturated carbocycles. The summed E-state index contributed by atoms with van der Waals surface area (Å²) in [6.07, 6.45) is 11.5. The topological polar surface area (TPSA) is 34.9 Å². The molecule has 21 heavy (non-hydrogen) atoms. The molecule has 0 aliphatic heterocycles. The lowest BCUT2D eigenvalue weighted by Crippen LogP contribution is -2.50. The average molecular weight is 371 g/mol. The van der Waals surface area contributed by atoms with Gasteiger partial charge in [0.2, 0.25) is 0 Å². The van der Waals surface area contributed by atoms with Crippen LogP contribution in [0.2, 0.25) is 0 Å². The second-order valence-electron chi connectivity index (χ2n) is 7.23. The first-order chi connectivity index (χ1) is 9.64. The molecule has 1 heterocycles. The quantitative estimate of drug-likeness (QED) is 0.754. The Morgan fingerprint density at radius 2 is 1.86 bits per heavy atom. The van der Waals surface area contributed by atoms with Crippen molar-refractivity contribution in [3.63, 3.8) is 0 Å². The van der Waals surface area contributed by atoms with Crippen molar-refractivity contribution in [3.8, 4) is 0 Å². The lowest BCUT2D eigenvalue weighted by atomic mass is 9.48. The smallest absolute Gasteiger partial charge is 0.168 e. The maximum atomic E-state index is 12.8. The third-order valence-corrected chi connectivity index (χ3v) is 6.80. The van der Waals surface area contributed by atoms with Crippen molar-refractivity contribution in [1.82, 2.24) is 9.55 Å². The molecule has 0 N–H and O–H groups in total. The van der Waals surface area contributed by atoms with E-state index in [1.807, 2.05) is 17.8 Å². The zero-order chi connectivity index (χ0) is 13.7. The van der Waals surface area contributed by atoms with Crippen LogP contribution in [0.15, 0.2) is 17.6 Å². The van der Waals surface area contributed by atoms with E-state index in [9.17, 15) is 4.79 Å². The minimum atomic E-state index is 0. The van der Waals surface area contributed by atoms with Gasteiger partial charge in [-0.3, -0.25) is 4.79 Å². The van der Waals surface area contributed by atoms with Gasteiger partial charge in [0.15, 0.2) is 5.16 Å². The molecule has 4 aliphatic rings. The number of aromatic nitrogens is 2. The Balaban J connectivity index is 0.00000132. The molecule has 116 valence electrons. The summed E-state index contributed by atoms with van der Waals surface area (Å²) < 4.78 is 2.00. The third kappa shape index (κ3) is 2.72. The fourth-order valence-electron chi connectivity index (χ4n) is 5.23. The van der Waals surface area contributed by atoms with Gasteiger partial charge in [0.25, 0.3) is 0 Å². The van der Waals surface area contributed by atoms with Crippen LogP contribution in [0.4, 0.5) is 0 Å². The van der Waals surface area contributed by atoms with Crippen molar-refractivity contribution < 1.29 is 4.79 Å². The summed E-state index contributed by atoms with van der Waals surface area (Å²) >= 11 is 1.61. The van der Waals surface area contributed by atoms with Crippen LogP contribution in [0, 0.1) is 23.2 Å². The Bertz CT molecular complexity index is 507. The Morgan fingerprint density at radius 3 is 2.33 bits per heavy atom. The van der Waals surface area contributed by atoms with Crippen molar-refractivity contribution in [2.45, 2.75) is 43.7 Å². The predicted octanol–water partition coefficient (Wildman–Crippen LogP) is 3.88. The minimum Gasteiger partial charge on any atom is -0.329 e. The molecule has 5 heteroatoms. The number of thioether (sulfide) groups is 1. The predicted molar refractivity (Wildman–Crippen MR) is 89.9 cm³/mol. The van der Waals surface area contributed by atoms with E-state index in [1.54, 1.807) is 18.0 Å². The van der Waals surface area contributed by atoms with Crippen molar-refractivity contribution in [2.24, 2.45) is 30.2 Å². The number of hydrogen-bond acceptors (Lipinski definition) is 3. The van der Waals surface area contributed by atoms with Gasteiger partial charge in [-0.2, -0.15) is 0 Å². The second kappa shape index (κ2) is 5.73. The third-order valence-electron chi connectivity index (χ3n) is 5.74. The van der Waals surface area contributed by atoms with Gasteiger partial charge in [-0.25, -0.2) is 4.98 Å². The van der Waals surface area contributed by atoms with Crippen molar-refractivity contribution in [1.29, 1.82) is 0 Å². The largest absolute Gasteiger partial charge is 0.329 e. The van der Waals surface area contributed by atoms with Crippen LogP contribution in [0.1, 0.15) is 38.5 Å². The molecule has 1 aromatic heterocycles. The Kier molecular flexibility index (Phi) is 4.25. The Labute approximate surface area is 141 Å². The van der Waals surface area contributed by atoms with E-state index in [0.29, 0.717) is 11.5 Å². The van der Waals surface area contributed by atoms with Crippen molar-refractivity contribution in [3.05, 3.63) is 12.4 Å². The molecule has 0 saturated heterocycles. The number of Topliss-reactive ketones (excluding diaryl/α,β-unsaturated/α-hetero) is 1. The van der Waals surface area contributed by atoms with Gasteiger partial charge in [-0.1, -0.05) is 11.8 Å². The maximum absolute atomic E-state index is 12.8. The molecule has 1 aromatic rings. The highest BCUT2D eigenvalue weighted by Crippen LogP contribution is 2.60. The monoisotopic (exact) mass is 370 g/mol. The van der Waals surface area contributed by atoms with Crippen molar-refractivity contribution in [2.75, 3.05) is 5.75 Å². The number of ketones is 1. The number of hydrogen-bond donors (Lipinski definition) is 0. The van der Waals surface area contributed by atoms with Gasteiger partial charge in [-0.05, 0) is 56.3 Å². The van der Waals surface area contributed by atoms with E-state index >= 15 is 0 Å². The van der Waals surface area contributed by atoms with Crippen LogP contribution in [0.5, 0.6) is 0 Å². The van der Waals surface area contributed by atoms with Crippen LogP contribution < -0.4 is 0 Å². The maximum Gasteiger partial charge on any atom is 0.168 e. The lowest BCUT2D eigenvalue weighted by Gasteiger charge is -2.56. The van der Waals surface area contributed by atoms with Gasteiger partial charge in [0.05, 0.1) is 5.75 Å². The number of halogens is 1. The molecule has 3 nitrogen and oxygen atoms in total. The normalized spacial score (nSPS) is 36.5. The van der Waals surface area contributed by atoms with E-state index in [-0.39, 0.29) is 22.4 Å². The fourth-order valence-corrected chi connectivity index (χ4v) is 6.19. The standard InChI is InChI=1S/C16H22N2OS.BrH/c1-18-3-2-17-15(18)20-10-14(19)16-7-11-4-12(8-16)6-13(5-11)9-16;/h2-3,11-13H,4-10H2,1H3;1H. The summed E-state index contributed by atoms with van der Waals surface area (Å²) in [6, 6.07) is 0. The van der Waals surface area contributed by atoms with E-state index in [1.165, 1.54) is 38.5 Å². The van der Waals surface area contributed by atoms with E-state index in [2.05, 4.69) is 4.98 Å². The molecule has 0 atom stereocenters. The summed E-state index contributed by atoms with van der Waals surface area (Å²) in [6.45, 7) is 0. The van der Waals surface area contributed by atoms with E-state index in [4.69, 9.17) is 0 Å². The summed E-state index contributed by atoms with van der Waals surface area (Å²) in [4.78, 5) is 17.2. The first-order valence-corrected chi connectivity index (χ1v) is 8.77. The summed E-state index contributed by atoms with van der Waals surface area (Å²) in [5.41, 5.74) is 0.0485. The fraction of sp³-hybridized carbons (Fsp3) is 0.750. The van der Waals surface area contributed by atoms with E-state index in [0.717, 1.165) is 22.9 Å². The zero-order valence-electron chi connectivity index (χ0n) is 12.5. The number of nitrogens with zero attached hydrogens (tertiary/aromatic N) is 2. The molecule has 4 fully saturated rings. The molecular formula is C16H23BrN2OS. The van der Waals surface area contributed by atoms with Crippen molar-refractivity contribution >= 4 is 34.5 Å². The molecule has 4 bridgehead atoms. The second-order valence-corrected chi connectivity index (χ2v) is 8.17. The van der Waals surface area contributed by atoms with Gasteiger partial charge >= 0.3 is 0 Å². The summed E-state index contributed by atoms with van der Waals surface area (Å²) in [5.74, 6) is 3.66. The highest BCUT2D eigenvalue weighted by atomic mass is 79.9. The molecule has 0 spiro atoms. The average Bonchev–Trinajstić information content (AvgIpc) is 2.80. The number of imidazole rings is 1. The van der Waals surface area contributed by atoms with Gasteiger partial charge < -0.3 is 4.57 Å². The Hall–Kier alpha value is -0.290.